The van der Waals surface area contributed by atoms with E-state index in [1.165, 1.54) is 24.3 Å². The Morgan fingerprint density at radius 3 is 1.03 bits per heavy atom. The number of halogens is 6. The van der Waals surface area contributed by atoms with Crippen molar-refractivity contribution >= 4 is 213 Å². The van der Waals surface area contributed by atoms with Gasteiger partial charge in [-0.3, -0.25) is 0 Å². The largest absolute Gasteiger partial charge is 0.417 e. The highest BCUT2D eigenvalue weighted by atomic mass is 32.1. The minimum Gasteiger partial charge on any atom is -0.308 e. The van der Waals surface area contributed by atoms with E-state index in [-0.39, 0.29) is 67.3 Å². The number of hydrogen-bond donors (Lipinski definition) is 0. The van der Waals surface area contributed by atoms with Crippen molar-refractivity contribution in [2.75, 3.05) is 0 Å². The van der Waals surface area contributed by atoms with Gasteiger partial charge >= 0.3 is 12.4 Å². The number of rotatable bonds is 7. The molecule has 0 atom stereocenters. The summed E-state index contributed by atoms with van der Waals surface area (Å²) in [6.07, 6.45) is -9.95. The van der Waals surface area contributed by atoms with Crippen molar-refractivity contribution in [2.24, 2.45) is 0 Å². The lowest BCUT2D eigenvalue weighted by molar-refractivity contribution is -0.137. The molecule has 16 aromatic carbocycles. The van der Waals surface area contributed by atoms with E-state index in [9.17, 15) is 21.0 Å². The Morgan fingerprint density at radius 2 is 0.583 bits per heavy atom. The molecular weight excluding hydrogens is 1580 g/mol. The highest BCUT2D eigenvalue weighted by molar-refractivity contribution is 7.27. The first-order chi connectivity index (χ1) is 58.6. The summed E-state index contributed by atoms with van der Waals surface area (Å²) in [5.41, 5.74) is 5.49. The molecule has 562 valence electrons. The zero-order valence-corrected chi connectivity index (χ0v) is 65.5. The minimum absolute atomic E-state index is 0.0906. The lowest BCUT2D eigenvalue weighted by atomic mass is 9.90. The quantitative estimate of drug-likeness (QED) is 0.148. The molecule has 8 heterocycles. The molecule has 0 aliphatic rings. The van der Waals surface area contributed by atoms with E-state index < -0.39 is 23.5 Å². The van der Waals surface area contributed by atoms with Gasteiger partial charge in [-0.1, -0.05) is 176 Å². The van der Waals surface area contributed by atoms with Crippen LogP contribution in [0.2, 0.25) is 0 Å². The molecule has 24 rings (SSSR count). The number of hydrogen-bond acceptors (Lipinski definition) is 8. The molecule has 0 spiro atoms. The standard InChI is InChI=1S/C102H48F6N8S4/c103-101(104,105)73-23-13-15-57(51-111)89(73)93-79(113-75-25-7-1-17-59(75)64-38-41-86-91(95(64)113)70-22-6-12-30-85(70)117-86)43-53(49-109)44-80(93)114-76-26-8-2-18-60(76)65-39-42-87-92(96(65)114)71-33-31-56(48-88(71)118-87)55-32-40-78-72(47-55)67-35-37-69-63-21-5-11-29-84(63)120-100(69)98(67)116(78)82-46-54(50-110)45-81(94(82)90-58(52-112)16-14-24-74(90)102(106,107)108)115-77-27-9-3-19-61(77)66-34-36-68-62-20-4-10-28-83(62)119-99(68)97(66)115/h1-48H. The molecule has 0 amide bonds. The Hall–Kier alpha value is -14.9. The topological polar surface area (TPSA) is 115 Å². The van der Waals surface area contributed by atoms with Crippen LogP contribution in [0, 0.1) is 45.3 Å². The van der Waals surface area contributed by atoms with Gasteiger partial charge < -0.3 is 18.3 Å². The third-order valence-corrected chi connectivity index (χ3v) is 28.8. The van der Waals surface area contributed by atoms with E-state index in [2.05, 4.69) is 127 Å². The van der Waals surface area contributed by atoms with Gasteiger partial charge in [0.05, 0.1) is 134 Å². The molecule has 0 aliphatic heterocycles. The van der Waals surface area contributed by atoms with Crippen molar-refractivity contribution in [1.82, 2.24) is 18.3 Å². The van der Waals surface area contributed by atoms with Crippen molar-refractivity contribution < 1.29 is 26.3 Å². The number of para-hydroxylation sites is 3. The van der Waals surface area contributed by atoms with Crippen molar-refractivity contribution in [3.63, 3.8) is 0 Å². The molecule has 120 heavy (non-hydrogen) atoms. The van der Waals surface area contributed by atoms with Crippen LogP contribution in [0.25, 0.3) is 224 Å². The first-order valence-corrected chi connectivity index (χ1v) is 41.7. The van der Waals surface area contributed by atoms with Gasteiger partial charge in [0.25, 0.3) is 0 Å². The number of fused-ring (bicyclic) bond motifs is 28. The molecule has 24 aromatic rings. The molecule has 0 bridgehead atoms. The first-order valence-electron chi connectivity index (χ1n) is 38.5. The van der Waals surface area contributed by atoms with E-state index in [4.69, 9.17) is 0 Å². The lowest BCUT2D eigenvalue weighted by Crippen LogP contribution is -2.12. The molecule has 0 saturated heterocycles. The van der Waals surface area contributed by atoms with Gasteiger partial charge in [0, 0.05) is 137 Å². The highest BCUT2D eigenvalue weighted by Gasteiger charge is 2.40. The summed E-state index contributed by atoms with van der Waals surface area (Å²) < 4.78 is 114. The van der Waals surface area contributed by atoms with Gasteiger partial charge in [-0.05, 0) is 126 Å². The summed E-state index contributed by atoms with van der Waals surface area (Å²) in [7, 11) is 0. The second-order valence-corrected chi connectivity index (χ2v) is 34.5. The normalized spacial score (nSPS) is 12.4. The van der Waals surface area contributed by atoms with Crippen molar-refractivity contribution in [3.8, 4) is 80.4 Å². The summed E-state index contributed by atoms with van der Waals surface area (Å²) in [5, 5.41) is 59.6. The maximum atomic E-state index is 16.5. The maximum Gasteiger partial charge on any atom is 0.417 e. The van der Waals surface area contributed by atoms with Gasteiger partial charge in [0.2, 0.25) is 0 Å². The van der Waals surface area contributed by atoms with Crippen LogP contribution in [0.3, 0.4) is 0 Å². The van der Waals surface area contributed by atoms with Crippen LogP contribution < -0.4 is 0 Å². The third kappa shape index (κ3) is 9.70. The number of alkyl halides is 6. The Bertz CT molecular complexity index is 8990. The predicted octanol–water partition coefficient (Wildman–Crippen LogP) is 30.1. The number of nitrogens with zero attached hydrogens (tertiary/aromatic N) is 8. The fraction of sp³-hybridized carbons (Fsp3) is 0.0196. The summed E-state index contributed by atoms with van der Waals surface area (Å²) in [6, 6.07) is 100.0. The van der Waals surface area contributed by atoms with E-state index >= 15 is 26.3 Å². The van der Waals surface area contributed by atoms with Crippen LogP contribution >= 0.6 is 45.3 Å². The van der Waals surface area contributed by atoms with Crippen LogP contribution in [-0.2, 0) is 12.4 Å². The fourth-order valence-electron chi connectivity index (χ4n) is 19.3. The first kappa shape index (κ1) is 69.4. The molecule has 0 N–H and O–H groups in total. The van der Waals surface area contributed by atoms with Crippen LogP contribution in [0.15, 0.2) is 291 Å². The lowest BCUT2D eigenvalue weighted by Gasteiger charge is -2.24. The van der Waals surface area contributed by atoms with Crippen LogP contribution in [0.4, 0.5) is 26.3 Å². The second-order valence-electron chi connectivity index (χ2n) is 30.3. The molecular formula is C102H48F6N8S4. The zero-order valence-electron chi connectivity index (χ0n) is 62.2. The second kappa shape index (κ2) is 25.3. The fourth-order valence-corrected chi connectivity index (χ4v) is 24.1. The number of aromatic nitrogens is 4. The highest BCUT2D eigenvalue weighted by Crippen LogP contribution is 2.56. The molecule has 8 aromatic heterocycles. The van der Waals surface area contributed by atoms with Crippen LogP contribution in [0.1, 0.15) is 33.4 Å². The molecule has 0 saturated carbocycles. The maximum absolute atomic E-state index is 16.5. The van der Waals surface area contributed by atoms with Crippen molar-refractivity contribution in [3.05, 3.63) is 325 Å². The van der Waals surface area contributed by atoms with Crippen molar-refractivity contribution in [1.29, 1.82) is 21.0 Å². The van der Waals surface area contributed by atoms with Gasteiger partial charge in [-0.25, -0.2) is 0 Å². The Morgan fingerprint density at radius 1 is 0.242 bits per heavy atom. The zero-order chi connectivity index (χ0) is 80.6. The molecule has 18 heteroatoms. The molecule has 0 fully saturated rings. The van der Waals surface area contributed by atoms with Gasteiger partial charge in [0.15, 0.2) is 0 Å². The van der Waals surface area contributed by atoms with E-state index in [1.807, 2.05) is 146 Å². The molecule has 0 unspecified atom stereocenters. The summed E-state index contributed by atoms with van der Waals surface area (Å²) in [5.74, 6) is 0. The van der Waals surface area contributed by atoms with Crippen LogP contribution in [-0.4, -0.2) is 18.3 Å². The average Bonchev–Trinajstić information content (AvgIpc) is 1.55. The Labute approximate surface area is 691 Å². The SMILES string of the molecule is N#Cc1cc(-n2c3ccccc3c3ccc4c5ccccc5sc4c32)c(-c2c(C#N)cccc2C(F)(F)F)c(-n2c3ccc(-c4ccc5c(c4)sc4ccc6c7ccccc7n(-c7cc(C#N)cc(-n8c9ccccc9c9ccc%10sc%11ccccc%11c%10c98)c7-c7c(C#N)cccc7C(F)(F)F)c6c45)cc3c3ccc4c5ccccc5sc4c32)c1. The van der Waals surface area contributed by atoms with Crippen molar-refractivity contribution in [2.45, 2.75) is 12.4 Å². The summed E-state index contributed by atoms with van der Waals surface area (Å²) >= 11 is 6.32. The summed E-state index contributed by atoms with van der Waals surface area (Å²) in [6.45, 7) is 0. The monoisotopic (exact) mass is 1630 g/mol. The average molecular weight is 1630 g/mol. The van der Waals surface area contributed by atoms with Gasteiger partial charge in [-0.2, -0.15) is 47.4 Å². The number of thiophene rings is 4. The minimum atomic E-state index is -4.98. The molecule has 0 radical (unpaired) electrons. The van der Waals surface area contributed by atoms with E-state index in [0.717, 1.165) is 158 Å². The number of benzene rings is 16. The molecule has 8 nitrogen and oxygen atoms in total. The van der Waals surface area contributed by atoms with Gasteiger partial charge in [-0.15, -0.1) is 45.3 Å². The van der Waals surface area contributed by atoms with Crippen LogP contribution in [0.5, 0.6) is 0 Å². The predicted molar refractivity (Wildman–Crippen MR) is 481 cm³/mol. The Kier molecular flexibility index (Phi) is 14.7. The third-order valence-electron chi connectivity index (χ3n) is 24.1. The smallest absolute Gasteiger partial charge is 0.308 e. The molecule has 0 aliphatic carbocycles. The van der Waals surface area contributed by atoms with E-state index in [0.29, 0.717) is 33.1 Å². The number of nitriles is 4. The Balaban J connectivity index is 0.771. The van der Waals surface area contributed by atoms with E-state index in [1.54, 1.807) is 69.6 Å². The summed E-state index contributed by atoms with van der Waals surface area (Å²) in [4.78, 5) is 0. The van der Waals surface area contributed by atoms with Gasteiger partial charge in [0.1, 0.15) is 0 Å².